The second kappa shape index (κ2) is 10.2. The van der Waals surface area contributed by atoms with Crippen molar-refractivity contribution in [2.45, 2.75) is 19.5 Å². The number of halogens is 1. The normalized spacial score (nSPS) is 14.9. The Kier molecular flexibility index (Phi) is 6.68. The second-order valence-corrected chi connectivity index (χ2v) is 9.16. The van der Waals surface area contributed by atoms with E-state index in [2.05, 4.69) is 4.57 Å². The lowest BCUT2D eigenvalue weighted by molar-refractivity contribution is -0.123. The zero-order chi connectivity index (χ0) is 24.2. The van der Waals surface area contributed by atoms with Crippen molar-refractivity contribution in [2.24, 2.45) is 0 Å². The second-order valence-electron chi connectivity index (χ2n) is 8.17. The average molecular weight is 487 g/mol. The fourth-order valence-electron chi connectivity index (χ4n) is 4.09. The van der Waals surface area contributed by atoms with E-state index in [1.54, 1.807) is 24.3 Å². The zero-order valence-corrected chi connectivity index (χ0v) is 19.7. The molecule has 1 fully saturated rings. The van der Waals surface area contributed by atoms with E-state index in [-0.39, 0.29) is 6.54 Å². The Bertz CT molecular complexity index is 1410. The third kappa shape index (κ3) is 5.00. The molecular weight excluding hydrogens is 463 g/mol. The van der Waals surface area contributed by atoms with Gasteiger partial charge in [-0.2, -0.15) is 0 Å². The van der Waals surface area contributed by atoms with Crippen LogP contribution < -0.4 is 4.74 Å². The van der Waals surface area contributed by atoms with E-state index >= 15 is 0 Å². The number of imide groups is 1. The molecule has 1 aromatic heterocycles. The molecule has 0 bridgehead atoms. The number of amides is 2. The van der Waals surface area contributed by atoms with Crippen molar-refractivity contribution in [1.82, 2.24) is 9.47 Å². The van der Waals surface area contributed by atoms with Gasteiger partial charge in [0.15, 0.2) is 0 Å². The number of hydrogen-bond donors (Lipinski definition) is 0. The van der Waals surface area contributed by atoms with Crippen LogP contribution in [0.5, 0.6) is 5.75 Å². The Morgan fingerprint density at radius 1 is 0.914 bits per heavy atom. The van der Waals surface area contributed by atoms with E-state index in [0.717, 1.165) is 51.8 Å². The van der Waals surface area contributed by atoms with Gasteiger partial charge in [-0.25, -0.2) is 4.39 Å². The fraction of sp³-hybridized carbons (Fsp3) is 0.143. The van der Waals surface area contributed by atoms with Crippen molar-refractivity contribution in [3.63, 3.8) is 0 Å². The minimum Gasteiger partial charge on any atom is -0.494 e. The number of hydrogen-bond acceptors (Lipinski definition) is 4. The molecule has 1 aliphatic rings. The molecule has 1 aliphatic heterocycles. The van der Waals surface area contributed by atoms with Crippen LogP contribution in [0.4, 0.5) is 9.18 Å². The minimum absolute atomic E-state index is 0.0855. The highest BCUT2D eigenvalue weighted by Gasteiger charge is 2.35. The van der Waals surface area contributed by atoms with Crippen molar-refractivity contribution in [3.05, 3.63) is 107 Å². The zero-order valence-electron chi connectivity index (χ0n) is 18.9. The van der Waals surface area contributed by atoms with Gasteiger partial charge in [0.2, 0.25) is 0 Å². The highest BCUT2D eigenvalue weighted by atomic mass is 32.2. The van der Waals surface area contributed by atoms with Gasteiger partial charge in [-0.15, -0.1) is 0 Å². The number of aryl methyl sites for hydroxylation is 1. The smallest absolute Gasteiger partial charge is 0.293 e. The number of nitrogens with zero attached hydrogens (tertiary/aromatic N) is 2. The molecule has 0 spiro atoms. The largest absolute Gasteiger partial charge is 0.494 e. The number of aromatic nitrogens is 1. The van der Waals surface area contributed by atoms with Gasteiger partial charge in [-0.05, 0) is 48.5 Å². The molecule has 0 N–H and O–H groups in total. The molecule has 0 atom stereocenters. The summed E-state index contributed by atoms with van der Waals surface area (Å²) in [6, 6.07) is 23.8. The molecule has 1 saturated heterocycles. The van der Waals surface area contributed by atoms with Crippen LogP contribution in [-0.4, -0.2) is 27.2 Å². The van der Waals surface area contributed by atoms with Gasteiger partial charge in [0, 0.05) is 34.8 Å². The van der Waals surface area contributed by atoms with Crippen LogP contribution in [0.2, 0.25) is 0 Å². The molecule has 5 rings (SSSR count). The van der Waals surface area contributed by atoms with E-state index in [1.165, 1.54) is 6.07 Å². The van der Waals surface area contributed by atoms with Crippen LogP contribution in [0.15, 0.2) is 90.0 Å². The number of benzene rings is 3. The van der Waals surface area contributed by atoms with E-state index in [1.807, 2.05) is 60.8 Å². The molecule has 176 valence electrons. The summed E-state index contributed by atoms with van der Waals surface area (Å²) < 4.78 is 22.0. The Morgan fingerprint density at radius 2 is 1.66 bits per heavy atom. The molecule has 0 aliphatic carbocycles. The summed E-state index contributed by atoms with van der Waals surface area (Å²) in [5.41, 5.74) is 2.22. The van der Waals surface area contributed by atoms with Crippen LogP contribution in [0.25, 0.3) is 17.0 Å². The van der Waals surface area contributed by atoms with Crippen LogP contribution >= 0.6 is 11.8 Å². The molecule has 3 aromatic carbocycles. The van der Waals surface area contributed by atoms with E-state index < -0.39 is 17.0 Å². The molecule has 2 heterocycles. The molecule has 0 saturated carbocycles. The first-order valence-corrected chi connectivity index (χ1v) is 12.2. The van der Waals surface area contributed by atoms with Gasteiger partial charge in [-0.3, -0.25) is 14.5 Å². The number of thioether (sulfide) groups is 1. The summed E-state index contributed by atoms with van der Waals surface area (Å²) >= 11 is 0.885. The maximum atomic E-state index is 14.1. The first kappa shape index (κ1) is 22.9. The summed E-state index contributed by atoms with van der Waals surface area (Å²) in [5, 5.41) is 0.601. The number of ether oxygens (including phenoxy) is 1. The molecule has 4 aromatic rings. The van der Waals surface area contributed by atoms with Gasteiger partial charge >= 0.3 is 0 Å². The molecule has 7 heteroatoms. The maximum absolute atomic E-state index is 14.1. The summed E-state index contributed by atoms with van der Waals surface area (Å²) in [6.45, 7) is 1.24. The number of fused-ring (bicyclic) bond motifs is 1. The van der Waals surface area contributed by atoms with Gasteiger partial charge < -0.3 is 9.30 Å². The van der Waals surface area contributed by atoms with Crippen molar-refractivity contribution in [2.75, 3.05) is 6.61 Å². The van der Waals surface area contributed by atoms with Gasteiger partial charge in [0.25, 0.3) is 11.1 Å². The van der Waals surface area contributed by atoms with E-state index in [9.17, 15) is 14.0 Å². The molecular formula is C28H23FN2O3S. The van der Waals surface area contributed by atoms with Crippen LogP contribution in [0, 0.1) is 5.82 Å². The Morgan fingerprint density at radius 3 is 2.49 bits per heavy atom. The van der Waals surface area contributed by atoms with Crippen molar-refractivity contribution >= 4 is 39.9 Å². The van der Waals surface area contributed by atoms with Crippen LogP contribution in [0.1, 0.15) is 17.5 Å². The monoisotopic (exact) mass is 486 g/mol. The first-order valence-electron chi connectivity index (χ1n) is 11.3. The lowest BCUT2D eigenvalue weighted by Gasteiger charge is -2.12. The van der Waals surface area contributed by atoms with Crippen LogP contribution in [0.3, 0.4) is 0 Å². The van der Waals surface area contributed by atoms with Crippen LogP contribution in [-0.2, 0) is 17.9 Å². The van der Waals surface area contributed by atoms with Gasteiger partial charge in [-0.1, -0.05) is 54.6 Å². The SMILES string of the molecule is O=C1S/C(=C\c2cn(CCCOc3ccccc3)c3ccccc23)C(=O)N1Cc1ccccc1F. The number of rotatable bonds is 8. The Hall–Kier alpha value is -3.84. The van der Waals surface area contributed by atoms with E-state index in [4.69, 9.17) is 4.74 Å². The third-order valence-electron chi connectivity index (χ3n) is 5.82. The highest BCUT2D eigenvalue weighted by molar-refractivity contribution is 8.18. The average Bonchev–Trinajstić information content (AvgIpc) is 3.36. The summed E-state index contributed by atoms with van der Waals surface area (Å²) in [6.07, 6.45) is 4.57. The lowest BCUT2D eigenvalue weighted by atomic mass is 10.1. The maximum Gasteiger partial charge on any atom is 0.293 e. The predicted octanol–water partition coefficient (Wildman–Crippen LogP) is 6.49. The predicted molar refractivity (Wildman–Crippen MR) is 136 cm³/mol. The molecule has 2 amide bonds. The summed E-state index contributed by atoms with van der Waals surface area (Å²) in [4.78, 5) is 27.0. The minimum atomic E-state index is -0.435. The van der Waals surface area contributed by atoms with Gasteiger partial charge in [0.1, 0.15) is 11.6 Å². The first-order chi connectivity index (χ1) is 17.1. The third-order valence-corrected chi connectivity index (χ3v) is 6.73. The van der Waals surface area contributed by atoms with Crippen molar-refractivity contribution in [3.8, 4) is 5.75 Å². The fourth-order valence-corrected chi connectivity index (χ4v) is 4.92. The highest BCUT2D eigenvalue weighted by Crippen LogP contribution is 2.35. The van der Waals surface area contributed by atoms with Crippen molar-refractivity contribution in [1.29, 1.82) is 0 Å². The number of para-hydroxylation sites is 2. The quantitative estimate of drug-likeness (QED) is 0.211. The summed E-state index contributed by atoms with van der Waals surface area (Å²) in [7, 11) is 0. The number of carbonyl (C=O) groups excluding carboxylic acids is 2. The van der Waals surface area contributed by atoms with E-state index in [0.29, 0.717) is 17.1 Å². The molecule has 5 nitrogen and oxygen atoms in total. The summed E-state index contributed by atoms with van der Waals surface area (Å²) in [5.74, 6) is 0.00264. The molecule has 0 radical (unpaired) electrons. The van der Waals surface area contributed by atoms with Crippen molar-refractivity contribution < 1.29 is 18.7 Å². The topological polar surface area (TPSA) is 51.5 Å². The molecule has 35 heavy (non-hydrogen) atoms. The lowest BCUT2D eigenvalue weighted by Crippen LogP contribution is -2.27. The van der Waals surface area contributed by atoms with Gasteiger partial charge in [0.05, 0.1) is 18.1 Å². The Labute approximate surface area is 206 Å². The molecule has 0 unspecified atom stereocenters. The Balaban J connectivity index is 1.33. The number of carbonyl (C=O) groups is 2. The standard InChI is InChI=1S/C28H23FN2O3S/c29-24-13-6-4-9-20(24)19-31-27(32)26(35-28(31)33)17-21-18-30(25-14-7-5-12-23(21)25)15-8-16-34-22-10-2-1-3-11-22/h1-7,9-14,17-18H,8,15-16,19H2/b26-17-.